The van der Waals surface area contributed by atoms with Crippen molar-refractivity contribution in [2.45, 2.75) is 38.1 Å². The van der Waals surface area contributed by atoms with Gasteiger partial charge in [0.05, 0.1) is 12.8 Å². The van der Waals surface area contributed by atoms with Crippen LogP contribution in [0.2, 0.25) is 5.15 Å². The number of para-hydroxylation sites is 2. The van der Waals surface area contributed by atoms with Crippen molar-refractivity contribution in [3.63, 3.8) is 0 Å². The van der Waals surface area contributed by atoms with Crippen molar-refractivity contribution in [3.05, 3.63) is 48.1 Å². The van der Waals surface area contributed by atoms with E-state index in [4.69, 9.17) is 21.4 Å². The lowest BCUT2D eigenvalue weighted by atomic mass is 9.86. The minimum Gasteiger partial charge on any atom is -0.488 e. The lowest BCUT2D eigenvalue weighted by molar-refractivity contribution is -0.274. The van der Waals surface area contributed by atoms with Crippen molar-refractivity contribution in [2.24, 2.45) is 5.92 Å². The largest absolute Gasteiger partial charge is 0.573 e. The smallest absolute Gasteiger partial charge is 0.488 e. The Labute approximate surface area is 202 Å². The number of halogens is 4. The first-order valence-corrected chi connectivity index (χ1v) is 11.1. The lowest BCUT2D eigenvalue weighted by Gasteiger charge is -2.28. The lowest BCUT2D eigenvalue weighted by Crippen LogP contribution is -2.37. The molecule has 2 N–H and O–H groups in total. The molecule has 0 unspecified atom stereocenters. The Bertz CT molecular complexity index is 1180. The van der Waals surface area contributed by atoms with Crippen molar-refractivity contribution >= 4 is 17.7 Å². The van der Waals surface area contributed by atoms with E-state index >= 15 is 0 Å². The van der Waals surface area contributed by atoms with Crippen LogP contribution in [0.25, 0.3) is 16.9 Å². The maximum atomic E-state index is 12.8. The van der Waals surface area contributed by atoms with Gasteiger partial charge < -0.3 is 19.9 Å². The Morgan fingerprint density at radius 3 is 2.66 bits per heavy atom. The van der Waals surface area contributed by atoms with Gasteiger partial charge in [0.15, 0.2) is 16.7 Å². The number of nitrogens with zero attached hydrogens (tertiary/aromatic N) is 4. The zero-order valence-electron chi connectivity index (χ0n) is 18.2. The Morgan fingerprint density at radius 2 is 1.94 bits per heavy atom. The maximum Gasteiger partial charge on any atom is 0.573 e. The number of carboxylic acid groups (broad SMARTS) is 1. The summed E-state index contributed by atoms with van der Waals surface area (Å²) in [4.78, 5) is 19.0. The molecular weight excluding hydrogens is 491 g/mol. The van der Waals surface area contributed by atoms with E-state index in [1.54, 1.807) is 6.07 Å². The SMILES string of the molecule is O=C(O)NC1CCC(COc2c(Cl)ncnc2-c2cnn(-c3ccccc3OC(F)(F)F)c2)CC1. The molecule has 2 aromatic heterocycles. The molecule has 13 heteroatoms. The highest BCUT2D eigenvalue weighted by molar-refractivity contribution is 6.31. The maximum absolute atomic E-state index is 12.8. The van der Waals surface area contributed by atoms with Crippen LogP contribution in [0, 0.1) is 5.92 Å². The third-order valence-electron chi connectivity index (χ3n) is 5.59. The molecule has 0 bridgehead atoms. The van der Waals surface area contributed by atoms with E-state index in [0.717, 1.165) is 12.8 Å². The molecule has 186 valence electrons. The molecule has 3 aromatic rings. The van der Waals surface area contributed by atoms with Gasteiger partial charge in [0.1, 0.15) is 17.7 Å². The molecule has 0 atom stereocenters. The Kier molecular flexibility index (Phi) is 7.29. The minimum absolute atomic E-state index is 0.0713. The van der Waals surface area contributed by atoms with E-state index in [-0.39, 0.29) is 28.5 Å². The van der Waals surface area contributed by atoms with E-state index in [1.807, 2.05) is 0 Å². The fourth-order valence-corrected chi connectivity index (χ4v) is 4.16. The molecular formula is C22H21ClF3N5O4. The highest BCUT2D eigenvalue weighted by Crippen LogP contribution is 2.35. The van der Waals surface area contributed by atoms with Crippen molar-refractivity contribution in [1.29, 1.82) is 0 Å². The average molecular weight is 512 g/mol. The summed E-state index contributed by atoms with van der Waals surface area (Å²) < 4.78 is 49.7. The van der Waals surface area contributed by atoms with Gasteiger partial charge in [-0.3, -0.25) is 0 Å². The third kappa shape index (κ3) is 6.32. The van der Waals surface area contributed by atoms with E-state index in [9.17, 15) is 18.0 Å². The summed E-state index contributed by atoms with van der Waals surface area (Å²) in [6.07, 6.45) is 1.26. The second-order valence-corrected chi connectivity index (χ2v) is 8.37. The Balaban J connectivity index is 1.50. The molecule has 35 heavy (non-hydrogen) atoms. The number of ether oxygens (including phenoxy) is 2. The van der Waals surface area contributed by atoms with Crippen LogP contribution in [-0.2, 0) is 0 Å². The molecule has 1 saturated carbocycles. The Morgan fingerprint density at radius 1 is 1.20 bits per heavy atom. The van der Waals surface area contributed by atoms with Crippen LogP contribution >= 0.6 is 11.6 Å². The van der Waals surface area contributed by atoms with Crippen molar-refractivity contribution in [2.75, 3.05) is 6.61 Å². The molecule has 1 aliphatic carbocycles. The first kappa shape index (κ1) is 24.6. The normalized spacial score (nSPS) is 18.2. The summed E-state index contributed by atoms with van der Waals surface area (Å²) in [5, 5.41) is 15.6. The standard InChI is InChI=1S/C22H21ClF3N5O4/c23-20-19(34-11-13-5-7-15(8-6-13)30-21(32)33)18(27-12-28-20)14-9-29-31(10-14)16-3-1-2-4-17(16)35-22(24,25)26/h1-4,9-10,12-13,15,30H,5-8,11H2,(H,32,33). The molecule has 2 heterocycles. The molecule has 1 amide bonds. The predicted molar refractivity (Wildman–Crippen MR) is 119 cm³/mol. The highest BCUT2D eigenvalue weighted by atomic mass is 35.5. The van der Waals surface area contributed by atoms with Crippen LogP contribution in [0.5, 0.6) is 11.5 Å². The molecule has 1 aromatic carbocycles. The zero-order chi connectivity index (χ0) is 25.0. The number of benzene rings is 1. The molecule has 0 radical (unpaired) electrons. The minimum atomic E-state index is -4.85. The quantitative estimate of drug-likeness (QED) is 0.425. The zero-order valence-corrected chi connectivity index (χ0v) is 19.0. The first-order valence-electron chi connectivity index (χ1n) is 10.7. The van der Waals surface area contributed by atoms with Gasteiger partial charge in [-0.05, 0) is 43.7 Å². The number of hydrogen-bond acceptors (Lipinski definition) is 6. The summed E-state index contributed by atoms with van der Waals surface area (Å²) in [6, 6.07) is 5.56. The molecule has 0 spiro atoms. The van der Waals surface area contributed by atoms with Gasteiger partial charge in [0, 0.05) is 17.8 Å². The van der Waals surface area contributed by atoms with Crippen molar-refractivity contribution < 1.29 is 32.5 Å². The van der Waals surface area contributed by atoms with Gasteiger partial charge in [-0.15, -0.1) is 13.2 Å². The van der Waals surface area contributed by atoms with Crippen LogP contribution in [0.15, 0.2) is 43.0 Å². The molecule has 1 aliphatic rings. The number of alkyl halides is 3. The number of nitrogens with one attached hydrogen (secondary N) is 1. The fourth-order valence-electron chi connectivity index (χ4n) is 3.97. The number of amides is 1. The Hall–Kier alpha value is -3.54. The summed E-state index contributed by atoms with van der Waals surface area (Å²) in [5.41, 5.74) is 0.887. The van der Waals surface area contributed by atoms with Gasteiger partial charge in [0.2, 0.25) is 0 Å². The first-order chi connectivity index (χ1) is 16.7. The van der Waals surface area contributed by atoms with Gasteiger partial charge in [0.25, 0.3) is 0 Å². The summed E-state index contributed by atoms with van der Waals surface area (Å²) in [5.74, 6) is 0.0271. The van der Waals surface area contributed by atoms with E-state index < -0.39 is 18.2 Å². The molecule has 0 saturated heterocycles. The summed E-state index contributed by atoms with van der Waals surface area (Å²) in [6.45, 7) is 0.330. The monoisotopic (exact) mass is 511 g/mol. The van der Waals surface area contributed by atoms with Crippen molar-refractivity contribution in [1.82, 2.24) is 25.1 Å². The number of rotatable bonds is 7. The van der Waals surface area contributed by atoms with Crippen LogP contribution in [0.4, 0.5) is 18.0 Å². The van der Waals surface area contributed by atoms with Crippen molar-refractivity contribution in [3.8, 4) is 28.4 Å². The molecule has 1 fully saturated rings. The second kappa shape index (κ2) is 10.4. The van der Waals surface area contributed by atoms with Gasteiger partial charge >= 0.3 is 12.5 Å². The molecule has 9 nitrogen and oxygen atoms in total. The number of hydrogen-bond donors (Lipinski definition) is 2. The molecule has 4 rings (SSSR count). The molecule has 0 aliphatic heterocycles. The van der Waals surface area contributed by atoms with E-state index in [2.05, 4.69) is 25.1 Å². The fraction of sp³-hybridized carbons (Fsp3) is 0.364. The predicted octanol–water partition coefficient (Wildman–Crippen LogP) is 5.09. The van der Waals surface area contributed by atoms with Crippen LogP contribution in [0.1, 0.15) is 25.7 Å². The van der Waals surface area contributed by atoms with Crippen LogP contribution in [-0.4, -0.2) is 50.0 Å². The summed E-state index contributed by atoms with van der Waals surface area (Å²) in [7, 11) is 0. The number of carbonyl (C=O) groups is 1. The van der Waals surface area contributed by atoms with Crippen LogP contribution < -0.4 is 14.8 Å². The van der Waals surface area contributed by atoms with Gasteiger partial charge in [-0.1, -0.05) is 23.7 Å². The number of aromatic nitrogens is 4. The van der Waals surface area contributed by atoms with Crippen LogP contribution in [0.3, 0.4) is 0 Å². The topological polar surface area (TPSA) is 111 Å². The second-order valence-electron chi connectivity index (χ2n) is 8.01. The highest BCUT2D eigenvalue weighted by Gasteiger charge is 2.32. The van der Waals surface area contributed by atoms with E-state index in [1.165, 1.54) is 41.6 Å². The summed E-state index contributed by atoms with van der Waals surface area (Å²) >= 11 is 6.28. The third-order valence-corrected chi connectivity index (χ3v) is 5.86. The van der Waals surface area contributed by atoms with Gasteiger partial charge in [-0.2, -0.15) is 5.10 Å². The van der Waals surface area contributed by atoms with Gasteiger partial charge in [-0.25, -0.2) is 19.4 Å². The average Bonchev–Trinajstić information content (AvgIpc) is 3.28. The van der Waals surface area contributed by atoms with E-state index in [0.29, 0.717) is 30.7 Å².